The van der Waals surface area contributed by atoms with Gasteiger partial charge in [-0.15, -0.1) is 16.7 Å². The molecule has 0 spiro atoms. The number of hydrogen-bond acceptors (Lipinski definition) is 4. The van der Waals surface area contributed by atoms with Gasteiger partial charge in [-0.2, -0.15) is 0 Å². The first-order chi connectivity index (χ1) is 6.15. The summed E-state index contributed by atoms with van der Waals surface area (Å²) in [6, 6.07) is -0.677. The molecule has 0 fully saturated rings. The summed E-state index contributed by atoms with van der Waals surface area (Å²) in [7, 11) is 0. The van der Waals surface area contributed by atoms with Crippen LogP contribution in [0.25, 0.3) is 0 Å². The standard InChI is InChI=1S/C6H9ClN4O2/c1-5(11(12)13)4-10-6(2-7)3-8-9-10/h3,5H,2,4H2,1H3. The molecule has 0 amide bonds. The van der Waals surface area contributed by atoms with Crippen LogP contribution >= 0.6 is 11.6 Å². The van der Waals surface area contributed by atoms with Crippen LogP contribution in [-0.2, 0) is 12.4 Å². The molecule has 0 N–H and O–H groups in total. The highest BCUT2D eigenvalue weighted by Crippen LogP contribution is 2.02. The van der Waals surface area contributed by atoms with E-state index in [-0.39, 0.29) is 17.3 Å². The zero-order valence-electron chi connectivity index (χ0n) is 7.05. The minimum Gasteiger partial charge on any atom is -0.264 e. The highest BCUT2D eigenvalue weighted by molar-refractivity contribution is 6.16. The summed E-state index contributed by atoms with van der Waals surface area (Å²) in [5.41, 5.74) is 0.690. The summed E-state index contributed by atoms with van der Waals surface area (Å²) in [6.45, 7) is 1.72. The number of aromatic nitrogens is 3. The van der Waals surface area contributed by atoms with Gasteiger partial charge in [0.25, 0.3) is 0 Å². The van der Waals surface area contributed by atoms with E-state index in [0.29, 0.717) is 5.69 Å². The van der Waals surface area contributed by atoms with Crippen LogP contribution in [0.4, 0.5) is 0 Å². The molecule has 0 saturated carbocycles. The van der Waals surface area contributed by atoms with E-state index in [9.17, 15) is 10.1 Å². The third-order valence-electron chi connectivity index (χ3n) is 1.63. The lowest BCUT2D eigenvalue weighted by atomic mass is 10.3. The maximum Gasteiger partial charge on any atom is 0.229 e. The third kappa shape index (κ3) is 2.38. The lowest BCUT2D eigenvalue weighted by Crippen LogP contribution is -2.23. The molecule has 1 heterocycles. The Bertz CT molecular complexity index is 301. The van der Waals surface area contributed by atoms with Gasteiger partial charge in [0.15, 0.2) is 0 Å². The summed E-state index contributed by atoms with van der Waals surface area (Å²) in [5.74, 6) is 0.261. The van der Waals surface area contributed by atoms with Gasteiger partial charge in [-0.05, 0) is 0 Å². The van der Waals surface area contributed by atoms with Crippen LogP contribution in [0.3, 0.4) is 0 Å². The minimum atomic E-state index is -0.677. The normalized spacial score (nSPS) is 12.8. The average molecular weight is 205 g/mol. The van der Waals surface area contributed by atoms with Gasteiger partial charge in [0.2, 0.25) is 6.04 Å². The van der Waals surface area contributed by atoms with Crippen molar-refractivity contribution in [3.8, 4) is 0 Å². The molecular weight excluding hydrogens is 196 g/mol. The van der Waals surface area contributed by atoms with Crippen LogP contribution in [0.1, 0.15) is 12.6 Å². The molecule has 0 saturated heterocycles. The molecule has 1 aromatic rings. The van der Waals surface area contributed by atoms with Crippen molar-refractivity contribution < 1.29 is 4.92 Å². The third-order valence-corrected chi connectivity index (χ3v) is 1.91. The van der Waals surface area contributed by atoms with Crippen LogP contribution < -0.4 is 0 Å². The van der Waals surface area contributed by atoms with Gasteiger partial charge in [-0.3, -0.25) is 10.1 Å². The monoisotopic (exact) mass is 204 g/mol. The van der Waals surface area contributed by atoms with Crippen molar-refractivity contribution in [3.05, 3.63) is 22.0 Å². The molecule has 1 atom stereocenters. The second-order valence-corrected chi connectivity index (χ2v) is 2.94. The Morgan fingerprint density at radius 3 is 3.08 bits per heavy atom. The molecular formula is C6H9ClN4O2. The molecule has 1 aromatic heterocycles. The SMILES string of the molecule is CC(Cn1nncc1CCl)[N+](=O)[O-]. The first-order valence-corrected chi connectivity index (χ1v) is 4.25. The molecule has 72 valence electrons. The van der Waals surface area contributed by atoms with E-state index in [1.165, 1.54) is 17.8 Å². The quantitative estimate of drug-likeness (QED) is 0.411. The Morgan fingerprint density at radius 2 is 2.54 bits per heavy atom. The zero-order chi connectivity index (χ0) is 9.84. The molecule has 1 rings (SSSR count). The number of nitrogens with zero attached hydrogens (tertiary/aromatic N) is 4. The topological polar surface area (TPSA) is 73.8 Å². The second kappa shape index (κ2) is 4.18. The van der Waals surface area contributed by atoms with Gasteiger partial charge in [0.1, 0.15) is 6.54 Å². The fourth-order valence-electron chi connectivity index (χ4n) is 0.853. The lowest BCUT2D eigenvalue weighted by molar-refractivity contribution is -0.520. The van der Waals surface area contributed by atoms with Crippen molar-refractivity contribution >= 4 is 11.6 Å². The van der Waals surface area contributed by atoms with Crippen LogP contribution in [-0.4, -0.2) is 26.0 Å². The van der Waals surface area contributed by atoms with Crippen LogP contribution in [0, 0.1) is 10.1 Å². The van der Waals surface area contributed by atoms with Gasteiger partial charge in [0.05, 0.1) is 17.8 Å². The molecule has 7 heteroatoms. The molecule has 0 aliphatic carbocycles. The molecule has 0 bridgehead atoms. The van der Waals surface area contributed by atoms with Crippen molar-refractivity contribution in [2.45, 2.75) is 25.4 Å². The first-order valence-electron chi connectivity index (χ1n) is 3.72. The summed E-state index contributed by atoms with van der Waals surface area (Å²) >= 11 is 5.57. The smallest absolute Gasteiger partial charge is 0.229 e. The Labute approximate surface area is 79.6 Å². The summed E-state index contributed by atoms with van der Waals surface area (Å²) in [4.78, 5) is 9.97. The number of rotatable bonds is 4. The fraction of sp³-hybridized carbons (Fsp3) is 0.667. The number of hydrogen-bond donors (Lipinski definition) is 0. The van der Waals surface area contributed by atoms with Crippen molar-refractivity contribution in [1.29, 1.82) is 0 Å². The maximum absolute atomic E-state index is 10.3. The Kier molecular flexibility index (Phi) is 3.18. The van der Waals surface area contributed by atoms with Gasteiger partial charge in [-0.25, -0.2) is 4.68 Å². The summed E-state index contributed by atoms with van der Waals surface area (Å²) < 4.78 is 1.44. The van der Waals surface area contributed by atoms with Crippen LogP contribution in [0.5, 0.6) is 0 Å². The highest BCUT2D eigenvalue weighted by Gasteiger charge is 2.15. The molecule has 0 aliphatic heterocycles. The van der Waals surface area contributed by atoms with Gasteiger partial charge >= 0.3 is 0 Å². The van der Waals surface area contributed by atoms with E-state index in [4.69, 9.17) is 11.6 Å². The molecule has 13 heavy (non-hydrogen) atoms. The summed E-state index contributed by atoms with van der Waals surface area (Å²) in [5, 5.41) is 17.6. The number of halogens is 1. The Hall–Kier alpha value is -1.17. The van der Waals surface area contributed by atoms with Crippen molar-refractivity contribution in [1.82, 2.24) is 15.0 Å². The van der Waals surface area contributed by atoms with Crippen LogP contribution in [0.2, 0.25) is 0 Å². The fourth-order valence-corrected chi connectivity index (χ4v) is 1.06. The molecule has 0 aliphatic rings. The average Bonchev–Trinajstić information content (AvgIpc) is 2.51. The largest absolute Gasteiger partial charge is 0.264 e. The van der Waals surface area contributed by atoms with Gasteiger partial charge < -0.3 is 0 Å². The van der Waals surface area contributed by atoms with Crippen molar-refractivity contribution in [2.24, 2.45) is 0 Å². The minimum absolute atomic E-state index is 0.203. The molecule has 1 unspecified atom stereocenters. The maximum atomic E-state index is 10.3. The highest BCUT2D eigenvalue weighted by atomic mass is 35.5. The Morgan fingerprint density at radius 1 is 1.85 bits per heavy atom. The predicted octanol–water partition coefficient (Wildman–Crippen LogP) is 0.682. The predicted molar refractivity (Wildman–Crippen MR) is 46.0 cm³/mol. The molecule has 0 radical (unpaired) electrons. The van der Waals surface area contributed by atoms with E-state index in [0.717, 1.165) is 0 Å². The first kappa shape index (κ1) is 9.91. The second-order valence-electron chi connectivity index (χ2n) is 2.68. The molecule has 6 nitrogen and oxygen atoms in total. The molecule has 0 aromatic carbocycles. The van der Waals surface area contributed by atoms with Crippen LogP contribution in [0.15, 0.2) is 6.20 Å². The summed E-state index contributed by atoms with van der Waals surface area (Å²) in [6.07, 6.45) is 1.50. The van der Waals surface area contributed by atoms with E-state index in [1.54, 1.807) is 0 Å². The number of alkyl halides is 1. The van der Waals surface area contributed by atoms with Crippen molar-refractivity contribution in [2.75, 3.05) is 0 Å². The van der Waals surface area contributed by atoms with Crippen molar-refractivity contribution in [3.63, 3.8) is 0 Å². The lowest BCUT2D eigenvalue weighted by Gasteiger charge is -2.04. The van der Waals surface area contributed by atoms with E-state index in [2.05, 4.69) is 10.3 Å². The van der Waals surface area contributed by atoms with Gasteiger partial charge in [-0.1, -0.05) is 5.21 Å². The van der Waals surface area contributed by atoms with E-state index >= 15 is 0 Å². The zero-order valence-corrected chi connectivity index (χ0v) is 7.81. The Balaban J connectivity index is 2.68. The van der Waals surface area contributed by atoms with Gasteiger partial charge in [0, 0.05) is 11.8 Å². The number of nitro groups is 1. The van der Waals surface area contributed by atoms with E-state index in [1.807, 2.05) is 0 Å². The van der Waals surface area contributed by atoms with E-state index < -0.39 is 6.04 Å².